The maximum absolute atomic E-state index is 12.7. The molecule has 0 atom stereocenters. The number of nitrogens with zero attached hydrogens (tertiary/aromatic N) is 2. The van der Waals surface area contributed by atoms with Crippen molar-refractivity contribution in [2.45, 2.75) is 31.7 Å². The molecule has 10 heteroatoms. The van der Waals surface area contributed by atoms with Gasteiger partial charge in [0.15, 0.2) is 9.84 Å². The molecule has 0 unspecified atom stereocenters. The van der Waals surface area contributed by atoms with E-state index in [-0.39, 0.29) is 29.6 Å². The van der Waals surface area contributed by atoms with Crippen LogP contribution in [0.3, 0.4) is 0 Å². The molecule has 1 heterocycles. The highest BCUT2D eigenvalue weighted by atomic mass is 32.2. The van der Waals surface area contributed by atoms with Crippen LogP contribution in [0.5, 0.6) is 5.75 Å². The van der Waals surface area contributed by atoms with Crippen molar-refractivity contribution in [2.75, 3.05) is 25.2 Å². The quantitative estimate of drug-likeness (QED) is 0.572. The van der Waals surface area contributed by atoms with E-state index in [2.05, 4.69) is 4.98 Å². The van der Waals surface area contributed by atoms with E-state index in [9.17, 15) is 16.8 Å². The minimum absolute atomic E-state index is 0.0335. The normalized spacial score (nSPS) is 12.4. The van der Waals surface area contributed by atoms with E-state index in [0.717, 1.165) is 17.1 Å². The third kappa shape index (κ3) is 6.00. The van der Waals surface area contributed by atoms with Crippen molar-refractivity contribution >= 4 is 31.2 Å². The van der Waals surface area contributed by atoms with E-state index < -0.39 is 19.9 Å². The summed E-state index contributed by atoms with van der Waals surface area (Å²) in [6.45, 7) is 3.82. The van der Waals surface area contributed by atoms with Gasteiger partial charge in [-0.05, 0) is 30.7 Å². The first-order valence-corrected chi connectivity index (χ1v) is 12.6. The van der Waals surface area contributed by atoms with Gasteiger partial charge in [-0.15, -0.1) is 11.3 Å². The fraction of sp³-hybridized carbons (Fsp3) is 0.471. The molecular formula is C17H24N2O5S3. The summed E-state index contributed by atoms with van der Waals surface area (Å²) in [5, 5.41) is 2.84. The molecule has 2 aromatic rings. The van der Waals surface area contributed by atoms with Gasteiger partial charge in [0.2, 0.25) is 10.0 Å². The Labute approximate surface area is 165 Å². The summed E-state index contributed by atoms with van der Waals surface area (Å²) in [5.41, 5.74) is 0.722. The second kappa shape index (κ2) is 9.13. The molecule has 2 rings (SSSR count). The van der Waals surface area contributed by atoms with Gasteiger partial charge in [0.1, 0.15) is 12.4 Å². The summed E-state index contributed by atoms with van der Waals surface area (Å²) in [4.78, 5) is 4.54. The summed E-state index contributed by atoms with van der Waals surface area (Å²) in [6.07, 6.45) is 0.822. The highest BCUT2D eigenvalue weighted by Gasteiger charge is 2.22. The third-order valence-electron chi connectivity index (χ3n) is 3.92. The molecule has 0 saturated heterocycles. The molecule has 0 saturated carbocycles. The van der Waals surface area contributed by atoms with Gasteiger partial charge in [0, 0.05) is 18.2 Å². The Hall–Kier alpha value is -1.49. The Kier molecular flexibility index (Phi) is 7.38. The second-order valence-electron chi connectivity index (χ2n) is 5.90. The lowest BCUT2D eigenvalue weighted by molar-refractivity contribution is 0.340. The summed E-state index contributed by atoms with van der Waals surface area (Å²) >= 11 is 1.52. The average Bonchev–Trinajstić information content (AvgIpc) is 3.09. The van der Waals surface area contributed by atoms with Crippen molar-refractivity contribution in [3.63, 3.8) is 0 Å². The topological polar surface area (TPSA) is 93.6 Å². The van der Waals surface area contributed by atoms with Crippen LogP contribution < -0.4 is 4.74 Å². The Bertz CT molecular complexity index is 951. The van der Waals surface area contributed by atoms with Gasteiger partial charge in [0.05, 0.1) is 27.9 Å². The van der Waals surface area contributed by atoms with Crippen molar-refractivity contribution in [1.82, 2.24) is 9.29 Å². The monoisotopic (exact) mass is 432 g/mol. The minimum Gasteiger partial charge on any atom is -0.493 e. The van der Waals surface area contributed by atoms with E-state index in [0.29, 0.717) is 5.75 Å². The lowest BCUT2D eigenvalue weighted by Crippen LogP contribution is -2.26. The van der Waals surface area contributed by atoms with Gasteiger partial charge in [-0.2, -0.15) is 4.31 Å². The van der Waals surface area contributed by atoms with Crippen molar-refractivity contribution < 1.29 is 21.6 Å². The molecule has 0 bridgehead atoms. The van der Waals surface area contributed by atoms with Crippen LogP contribution in [0, 0.1) is 0 Å². The van der Waals surface area contributed by atoms with E-state index in [1.54, 1.807) is 6.92 Å². The molecule has 0 aliphatic carbocycles. The number of sulfonamides is 1. The smallest absolute Gasteiger partial charge is 0.243 e. The van der Waals surface area contributed by atoms with E-state index in [1.807, 2.05) is 12.3 Å². The number of thiazole rings is 1. The molecule has 0 radical (unpaired) electrons. The maximum Gasteiger partial charge on any atom is 0.243 e. The van der Waals surface area contributed by atoms with Crippen LogP contribution in [0.2, 0.25) is 0 Å². The number of aryl methyl sites for hydroxylation is 1. The molecule has 0 spiro atoms. The van der Waals surface area contributed by atoms with Crippen LogP contribution in [0.1, 0.15) is 24.5 Å². The summed E-state index contributed by atoms with van der Waals surface area (Å²) < 4.78 is 54.9. The van der Waals surface area contributed by atoms with Gasteiger partial charge >= 0.3 is 0 Å². The Morgan fingerprint density at radius 3 is 2.33 bits per heavy atom. The average molecular weight is 433 g/mol. The highest BCUT2D eigenvalue weighted by Crippen LogP contribution is 2.21. The predicted molar refractivity (Wildman–Crippen MR) is 106 cm³/mol. The van der Waals surface area contributed by atoms with Gasteiger partial charge in [0.25, 0.3) is 0 Å². The first-order chi connectivity index (χ1) is 12.7. The Morgan fingerprint density at radius 1 is 1.11 bits per heavy atom. The van der Waals surface area contributed by atoms with Gasteiger partial charge in [-0.25, -0.2) is 21.8 Å². The second-order valence-corrected chi connectivity index (χ2v) is 11.4. The molecular weight excluding hydrogens is 408 g/mol. The van der Waals surface area contributed by atoms with Crippen molar-refractivity contribution in [3.8, 4) is 5.75 Å². The molecule has 150 valence electrons. The Balaban J connectivity index is 2.01. The molecule has 1 aromatic heterocycles. The standard InChI is InChI=1S/C17H24N2O5S3/c1-4-17-18-14(13-25-17)12-19(3)27(22,23)16-8-6-15(7-9-16)24-10-11-26(20,21)5-2/h6-9,13H,4-5,10-12H2,1-3H3. The highest BCUT2D eigenvalue weighted by molar-refractivity contribution is 7.91. The van der Waals surface area contributed by atoms with Gasteiger partial charge < -0.3 is 4.74 Å². The molecule has 27 heavy (non-hydrogen) atoms. The van der Waals surface area contributed by atoms with Crippen molar-refractivity contribution in [1.29, 1.82) is 0 Å². The van der Waals surface area contributed by atoms with Crippen LogP contribution in [0.15, 0.2) is 34.5 Å². The van der Waals surface area contributed by atoms with Crippen LogP contribution in [0.25, 0.3) is 0 Å². The molecule has 1 aromatic carbocycles. The molecule has 0 N–H and O–H groups in total. The van der Waals surface area contributed by atoms with Crippen LogP contribution in [-0.4, -0.2) is 51.3 Å². The van der Waals surface area contributed by atoms with Gasteiger partial charge in [-0.1, -0.05) is 13.8 Å². The van der Waals surface area contributed by atoms with Crippen LogP contribution in [-0.2, 0) is 32.8 Å². The van der Waals surface area contributed by atoms with Crippen LogP contribution >= 0.6 is 11.3 Å². The van der Waals surface area contributed by atoms with E-state index >= 15 is 0 Å². The lowest BCUT2D eigenvalue weighted by Gasteiger charge is -2.16. The number of aromatic nitrogens is 1. The van der Waals surface area contributed by atoms with Gasteiger partial charge in [-0.3, -0.25) is 0 Å². The third-order valence-corrected chi connectivity index (χ3v) is 8.45. The molecule has 0 aliphatic rings. The van der Waals surface area contributed by atoms with E-state index in [1.165, 1.54) is 47.0 Å². The lowest BCUT2D eigenvalue weighted by atomic mass is 10.3. The SMILES string of the molecule is CCc1nc(CN(C)S(=O)(=O)c2ccc(OCCS(=O)(=O)CC)cc2)cs1. The molecule has 0 amide bonds. The molecule has 0 aliphatic heterocycles. The molecule has 0 fully saturated rings. The van der Waals surface area contributed by atoms with E-state index in [4.69, 9.17) is 4.74 Å². The molecule has 7 nitrogen and oxygen atoms in total. The summed E-state index contributed by atoms with van der Waals surface area (Å²) in [6, 6.07) is 5.96. The number of hydrogen-bond donors (Lipinski definition) is 0. The Morgan fingerprint density at radius 2 is 1.78 bits per heavy atom. The number of benzene rings is 1. The zero-order chi connectivity index (χ0) is 20.1. The number of hydrogen-bond acceptors (Lipinski definition) is 7. The zero-order valence-electron chi connectivity index (χ0n) is 15.6. The number of sulfone groups is 1. The predicted octanol–water partition coefficient (Wildman–Crippen LogP) is 2.34. The fourth-order valence-electron chi connectivity index (χ4n) is 2.22. The summed E-state index contributed by atoms with van der Waals surface area (Å²) in [7, 11) is -5.23. The fourth-order valence-corrected chi connectivity index (χ4v) is 4.72. The number of ether oxygens (including phenoxy) is 1. The first kappa shape index (κ1) is 21.8. The number of rotatable bonds is 10. The van der Waals surface area contributed by atoms with Crippen molar-refractivity contribution in [3.05, 3.63) is 40.3 Å². The maximum atomic E-state index is 12.7. The first-order valence-electron chi connectivity index (χ1n) is 8.51. The summed E-state index contributed by atoms with van der Waals surface area (Å²) in [5.74, 6) is 0.424. The zero-order valence-corrected chi connectivity index (χ0v) is 18.0. The largest absolute Gasteiger partial charge is 0.493 e. The van der Waals surface area contributed by atoms with Crippen molar-refractivity contribution in [2.24, 2.45) is 0 Å². The van der Waals surface area contributed by atoms with Crippen LogP contribution in [0.4, 0.5) is 0 Å². The minimum atomic E-state index is -3.65.